The first-order valence-electron chi connectivity index (χ1n) is 8.08. The smallest absolute Gasteiger partial charge is 0.407 e. The highest BCUT2D eigenvalue weighted by molar-refractivity contribution is 5.68. The van der Waals surface area contributed by atoms with E-state index in [9.17, 15) is 4.79 Å². The summed E-state index contributed by atoms with van der Waals surface area (Å²) in [5, 5.41) is 3.15. The predicted octanol–water partition coefficient (Wildman–Crippen LogP) is 2.17. The summed E-state index contributed by atoms with van der Waals surface area (Å²) >= 11 is 0. The Morgan fingerprint density at radius 2 is 1.81 bits per heavy atom. The van der Waals surface area contributed by atoms with Gasteiger partial charge in [-0.05, 0) is 46.7 Å². The maximum Gasteiger partial charge on any atom is 0.407 e. The van der Waals surface area contributed by atoms with Crippen LogP contribution in [0.15, 0.2) is 0 Å². The number of piperidine rings is 1. The van der Waals surface area contributed by atoms with Gasteiger partial charge in [0.25, 0.3) is 0 Å². The Bertz CT molecular complexity index is 321. The Balaban J connectivity index is 2.61. The van der Waals surface area contributed by atoms with Crippen LogP contribution >= 0.6 is 0 Å². The van der Waals surface area contributed by atoms with E-state index in [0.717, 1.165) is 32.5 Å². The van der Waals surface area contributed by atoms with Crippen molar-refractivity contribution in [3.8, 4) is 0 Å². The molecule has 0 aliphatic carbocycles. The second kappa shape index (κ2) is 7.99. The number of hydrogen-bond acceptors (Lipinski definition) is 4. The molecule has 21 heavy (non-hydrogen) atoms. The topological polar surface area (TPSA) is 44.8 Å². The third kappa shape index (κ3) is 6.22. The third-order valence-electron chi connectivity index (χ3n) is 4.02. The van der Waals surface area contributed by atoms with E-state index >= 15 is 0 Å². The molecule has 0 aromatic carbocycles. The monoisotopic (exact) mass is 299 g/mol. The maximum absolute atomic E-state index is 12.1. The molecule has 1 amide bonds. The second-order valence-corrected chi connectivity index (χ2v) is 7.27. The van der Waals surface area contributed by atoms with Gasteiger partial charge in [0, 0.05) is 25.7 Å². The Hall–Kier alpha value is -0.810. The van der Waals surface area contributed by atoms with Crippen molar-refractivity contribution in [1.82, 2.24) is 15.1 Å². The number of amides is 1. The molecule has 5 heteroatoms. The zero-order valence-corrected chi connectivity index (χ0v) is 14.6. The van der Waals surface area contributed by atoms with Gasteiger partial charge in [0.15, 0.2) is 0 Å². The van der Waals surface area contributed by atoms with Crippen molar-refractivity contribution in [3.63, 3.8) is 0 Å². The molecule has 124 valence electrons. The summed E-state index contributed by atoms with van der Waals surface area (Å²) < 4.78 is 5.30. The molecule has 0 unspecified atom stereocenters. The van der Waals surface area contributed by atoms with Crippen LogP contribution in [0.2, 0.25) is 0 Å². The van der Waals surface area contributed by atoms with Gasteiger partial charge in [-0.15, -0.1) is 0 Å². The fourth-order valence-corrected chi connectivity index (χ4v) is 2.89. The number of alkyl carbamates (subject to hydrolysis) is 1. The first-order valence-corrected chi connectivity index (χ1v) is 8.08. The molecule has 1 aliphatic heterocycles. The van der Waals surface area contributed by atoms with Crippen molar-refractivity contribution in [2.24, 2.45) is 5.92 Å². The summed E-state index contributed by atoms with van der Waals surface area (Å²) in [6, 6.07) is 0.565. The standard InChI is InChI=1S/C16H33N3O2/c1-13(2)11-21-15(20)17-16(12-18(5)6)7-9-19(10-8-16)14(3)4/h13-14H,7-12H2,1-6H3,(H,17,20). The largest absolute Gasteiger partial charge is 0.449 e. The van der Waals surface area contributed by atoms with Crippen molar-refractivity contribution >= 4 is 6.09 Å². The fourth-order valence-electron chi connectivity index (χ4n) is 2.89. The van der Waals surface area contributed by atoms with Gasteiger partial charge in [0.05, 0.1) is 12.1 Å². The lowest BCUT2D eigenvalue weighted by molar-refractivity contribution is 0.0740. The number of hydrogen-bond donors (Lipinski definition) is 1. The Morgan fingerprint density at radius 3 is 2.24 bits per heavy atom. The summed E-state index contributed by atoms with van der Waals surface area (Å²) in [4.78, 5) is 16.7. The van der Waals surface area contributed by atoms with Gasteiger partial charge >= 0.3 is 6.09 Å². The quantitative estimate of drug-likeness (QED) is 0.816. The van der Waals surface area contributed by atoms with Crippen molar-refractivity contribution in [1.29, 1.82) is 0 Å². The molecular formula is C16H33N3O2. The predicted molar refractivity (Wildman–Crippen MR) is 86.5 cm³/mol. The Kier molecular flexibility index (Phi) is 6.94. The first kappa shape index (κ1) is 18.2. The van der Waals surface area contributed by atoms with Crippen LogP contribution in [0.4, 0.5) is 4.79 Å². The van der Waals surface area contributed by atoms with E-state index in [1.54, 1.807) is 0 Å². The molecule has 0 saturated carbocycles. The van der Waals surface area contributed by atoms with Crippen LogP contribution in [-0.4, -0.2) is 67.8 Å². The molecule has 1 saturated heterocycles. The highest BCUT2D eigenvalue weighted by Crippen LogP contribution is 2.24. The normalized spacial score (nSPS) is 19.3. The average Bonchev–Trinajstić information content (AvgIpc) is 2.36. The van der Waals surface area contributed by atoms with Crippen LogP contribution in [0, 0.1) is 5.92 Å². The van der Waals surface area contributed by atoms with E-state index in [4.69, 9.17) is 4.74 Å². The van der Waals surface area contributed by atoms with Crippen LogP contribution in [0.1, 0.15) is 40.5 Å². The minimum absolute atomic E-state index is 0.164. The van der Waals surface area contributed by atoms with Crippen LogP contribution in [0.3, 0.4) is 0 Å². The van der Waals surface area contributed by atoms with Gasteiger partial charge in [-0.2, -0.15) is 0 Å². The SMILES string of the molecule is CC(C)COC(=O)NC1(CN(C)C)CCN(C(C)C)CC1. The number of carbonyl (C=O) groups excluding carboxylic acids is 1. The number of rotatable bonds is 6. The molecule has 1 aliphatic rings. The lowest BCUT2D eigenvalue weighted by Crippen LogP contribution is -2.60. The molecular weight excluding hydrogens is 266 g/mol. The summed E-state index contributed by atoms with van der Waals surface area (Å²) in [5.74, 6) is 0.364. The summed E-state index contributed by atoms with van der Waals surface area (Å²) in [6.45, 7) is 11.9. The molecule has 0 aromatic rings. The molecule has 5 nitrogen and oxygen atoms in total. The van der Waals surface area contributed by atoms with Crippen molar-refractivity contribution in [3.05, 3.63) is 0 Å². The third-order valence-corrected chi connectivity index (χ3v) is 4.02. The number of ether oxygens (including phenoxy) is 1. The van der Waals surface area contributed by atoms with Gasteiger partial charge in [-0.3, -0.25) is 0 Å². The van der Waals surface area contributed by atoms with E-state index < -0.39 is 0 Å². The lowest BCUT2D eigenvalue weighted by atomic mass is 9.86. The van der Waals surface area contributed by atoms with Crippen LogP contribution in [-0.2, 0) is 4.74 Å². The molecule has 0 aromatic heterocycles. The van der Waals surface area contributed by atoms with Gasteiger partial charge in [-0.25, -0.2) is 4.79 Å². The van der Waals surface area contributed by atoms with E-state index in [0.29, 0.717) is 18.6 Å². The van der Waals surface area contributed by atoms with Crippen LogP contribution < -0.4 is 5.32 Å². The lowest BCUT2D eigenvalue weighted by Gasteiger charge is -2.44. The molecule has 1 fully saturated rings. The zero-order valence-electron chi connectivity index (χ0n) is 14.6. The van der Waals surface area contributed by atoms with Crippen LogP contribution in [0.5, 0.6) is 0 Å². The summed E-state index contributed by atoms with van der Waals surface area (Å²) in [5.41, 5.74) is -0.164. The highest BCUT2D eigenvalue weighted by Gasteiger charge is 2.37. The zero-order chi connectivity index (χ0) is 16.0. The van der Waals surface area contributed by atoms with Crippen molar-refractivity contribution in [2.75, 3.05) is 40.3 Å². The fraction of sp³-hybridized carbons (Fsp3) is 0.938. The van der Waals surface area contributed by atoms with Gasteiger partial charge in [-0.1, -0.05) is 13.8 Å². The minimum Gasteiger partial charge on any atom is -0.449 e. The highest BCUT2D eigenvalue weighted by atomic mass is 16.5. The van der Waals surface area contributed by atoms with E-state index in [-0.39, 0.29) is 11.6 Å². The second-order valence-electron chi connectivity index (χ2n) is 7.27. The minimum atomic E-state index is -0.274. The molecule has 0 radical (unpaired) electrons. The van der Waals surface area contributed by atoms with E-state index in [1.807, 2.05) is 13.8 Å². The van der Waals surface area contributed by atoms with E-state index in [1.165, 1.54) is 0 Å². The molecule has 0 spiro atoms. The van der Waals surface area contributed by atoms with Crippen molar-refractivity contribution < 1.29 is 9.53 Å². The van der Waals surface area contributed by atoms with Crippen molar-refractivity contribution in [2.45, 2.75) is 52.1 Å². The number of nitrogens with one attached hydrogen (secondary N) is 1. The van der Waals surface area contributed by atoms with Gasteiger partial charge in [0.1, 0.15) is 0 Å². The first-order chi connectivity index (χ1) is 9.74. The molecule has 0 bridgehead atoms. The maximum atomic E-state index is 12.1. The summed E-state index contributed by atoms with van der Waals surface area (Å²) in [6.07, 6.45) is 1.67. The van der Waals surface area contributed by atoms with Gasteiger partial charge in [0.2, 0.25) is 0 Å². The number of likely N-dealkylation sites (N-methyl/N-ethyl adjacent to an activating group) is 1. The average molecular weight is 299 g/mol. The Morgan fingerprint density at radius 1 is 1.24 bits per heavy atom. The van der Waals surface area contributed by atoms with Crippen LogP contribution in [0.25, 0.3) is 0 Å². The number of carbonyl (C=O) groups is 1. The number of nitrogens with zero attached hydrogens (tertiary/aromatic N) is 2. The Labute approximate surface area is 130 Å². The molecule has 1 heterocycles. The molecule has 1 N–H and O–H groups in total. The number of likely N-dealkylation sites (tertiary alicyclic amines) is 1. The summed E-state index contributed by atoms with van der Waals surface area (Å²) in [7, 11) is 4.11. The van der Waals surface area contributed by atoms with E-state index in [2.05, 4.69) is 43.1 Å². The van der Waals surface area contributed by atoms with Gasteiger partial charge < -0.3 is 19.9 Å². The molecule has 1 rings (SSSR count). The molecule has 0 atom stereocenters.